The zero-order valence-corrected chi connectivity index (χ0v) is 13.4. The fourth-order valence-electron chi connectivity index (χ4n) is 2.50. The fourth-order valence-corrected chi connectivity index (χ4v) is 2.50. The van der Waals surface area contributed by atoms with E-state index in [1.54, 1.807) is 12.2 Å². The summed E-state index contributed by atoms with van der Waals surface area (Å²) in [6, 6.07) is 0. The Balaban J connectivity index is 1.71. The Morgan fingerprint density at radius 1 is 1.36 bits per heavy atom. The van der Waals surface area contributed by atoms with Crippen molar-refractivity contribution in [3.63, 3.8) is 0 Å². The topological polar surface area (TPSA) is 74.0 Å². The van der Waals surface area contributed by atoms with Crippen molar-refractivity contribution in [2.75, 3.05) is 26.3 Å². The molecule has 0 spiro atoms. The average Bonchev–Trinajstić information content (AvgIpc) is 2.85. The zero-order valence-electron chi connectivity index (χ0n) is 13.4. The second-order valence-corrected chi connectivity index (χ2v) is 6.11. The molecule has 0 aromatic carbocycles. The van der Waals surface area contributed by atoms with E-state index in [2.05, 4.69) is 4.90 Å². The van der Waals surface area contributed by atoms with Crippen LogP contribution in [0.3, 0.4) is 0 Å². The molecule has 0 aromatic rings. The fraction of sp³-hybridized carbons (Fsp3) is 0.688. The van der Waals surface area contributed by atoms with Gasteiger partial charge in [-0.3, -0.25) is 0 Å². The molecule has 22 heavy (non-hydrogen) atoms. The van der Waals surface area contributed by atoms with Crippen molar-refractivity contribution in [3.05, 3.63) is 24.0 Å². The molecule has 2 rings (SSSR count). The quantitative estimate of drug-likeness (QED) is 0.471. The van der Waals surface area contributed by atoms with Crippen LogP contribution in [0, 0.1) is 0 Å². The number of carbonyl (C=O) groups excluding carboxylic acids is 1. The number of nitrogens with zero attached hydrogens (tertiary/aromatic N) is 1. The lowest BCUT2D eigenvalue weighted by Gasteiger charge is -2.24. The number of hydrogen-bond donors (Lipinski definition) is 1. The van der Waals surface area contributed by atoms with Gasteiger partial charge in [0.25, 0.3) is 0 Å². The van der Waals surface area contributed by atoms with Crippen molar-refractivity contribution in [2.45, 2.75) is 45.0 Å². The van der Waals surface area contributed by atoms with Gasteiger partial charge in [-0.15, -0.1) is 0 Å². The summed E-state index contributed by atoms with van der Waals surface area (Å²) in [4.78, 5) is 14.0. The molecule has 0 radical (unpaired) electrons. The molecule has 2 heterocycles. The number of esters is 1. The zero-order chi connectivity index (χ0) is 16.0. The number of rotatable bonds is 5. The average molecular weight is 310 g/mol. The van der Waals surface area contributed by atoms with E-state index in [9.17, 15) is 4.79 Å². The lowest BCUT2D eigenvalue weighted by Crippen LogP contribution is -2.26. The van der Waals surface area contributed by atoms with E-state index in [-0.39, 0.29) is 18.4 Å². The van der Waals surface area contributed by atoms with Crippen molar-refractivity contribution in [1.82, 2.24) is 4.90 Å². The van der Waals surface area contributed by atoms with Crippen LogP contribution in [-0.2, 0) is 19.0 Å². The number of likely N-dealkylation sites (tertiary alicyclic amines) is 1. The first-order valence-corrected chi connectivity index (χ1v) is 7.83. The van der Waals surface area contributed by atoms with Gasteiger partial charge in [0.1, 0.15) is 18.4 Å². The number of carbonyl (C=O) groups is 1. The van der Waals surface area contributed by atoms with Gasteiger partial charge in [-0.1, -0.05) is 0 Å². The number of hydrogen-bond acceptors (Lipinski definition) is 6. The second-order valence-electron chi connectivity index (χ2n) is 6.11. The number of ether oxygens (including phenoxy) is 3. The van der Waals surface area contributed by atoms with Crippen LogP contribution in [0.5, 0.6) is 0 Å². The molecule has 0 amide bonds. The highest BCUT2D eigenvalue weighted by Gasteiger charge is 2.33. The molecule has 2 saturated heterocycles. The molecule has 0 bridgehead atoms. The van der Waals surface area contributed by atoms with Crippen molar-refractivity contribution in [1.29, 1.82) is 0 Å². The molecule has 2 aliphatic rings. The highest BCUT2D eigenvalue weighted by Crippen LogP contribution is 2.22. The van der Waals surface area contributed by atoms with Crippen molar-refractivity contribution in [3.8, 4) is 0 Å². The van der Waals surface area contributed by atoms with Gasteiger partial charge < -0.3 is 24.8 Å². The summed E-state index contributed by atoms with van der Waals surface area (Å²) in [6.07, 6.45) is 8.81. The monoisotopic (exact) mass is 310 g/mol. The first kappa shape index (κ1) is 16.8. The molecule has 0 aliphatic carbocycles. The summed E-state index contributed by atoms with van der Waals surface area (Å²) >= 11 is 0. The number of nitrogens with two attached hydrogens (primary N) is 1. The van der Waals surface area contributed by atoms with Crippen LogP contribution in [-0.4, -0.2) is 49.1 Å². The van der Waals surface area contributed by atoms with Crippen LogP contribution in [0.2, 0.25) is 0 Å². The number of allylic oxidation sites excluding steroid dienone is 2. The summed E-state index contributed by atoms with van der Waals surface area (Å²) in [5, 5.41) is 0. The minimum Gasteiger partial charge on any atom is -0.458 e. The second kappa shape index (κ2) is 7.65. The van der Waals surface area contributed by atoms with Crippen molar-refractivity contribution in [2.24, 2.45) is 5.73 Å². The molecular formula is C16H26N2O4. The molecule has 1 unspecified atom stereocenters. The highest BCUT2D eigenvalue weighted by atomic mass is 16.7. The highest BCUT2D eigenvalue weighted by molar-refractivity contribution is 5.87. The summed E-state index contributed by atoms with van der Waals surface area (Å²) in [6.45, 7) is 6.33. The Labute approximate surface area is 131 Å². The van der Waals surface area contributed by atoms with E-state index < -0.39 is 11.8 Å². The van der Waals surface area contributed by atoms with Crippen LogP contribution in [0.15, 0.2) is 24.0 Å². The molecule has 124 valence electrons. The van der Waals surface area contributed by atoms with Gasteiger partial charge in [-0.2, -0.15) is 0 Å². The molecule has 0 aromatic heterocycles. The summed E-state index contributed by atoms with van der Waals surface area (Å²) < 4.78 is 16.1. The van der Waals surface area contributed by atoms with Gasteiger partial charge in [0.2, 0.25) is 0 Å². The molecule has 6 nitrogen and oxygen atoms in total. The Hall–Kier alpha value is -1.53. The maximum absolute atomic E-state index is 11.8. The largest absolute Gasteiger partial charge is 0.458 e. The predicted molar refractivity (Wildman–Crippen MR) is 82.7 cm³/mol. The Morgan fingerprint density at radius 2 is 2.09 bits per heavy atom. The Kier molecular flexibility index (Phi) is 5.85. The first-order valence-electron chi connectivity index (χ1n) is 7.83. The minimum atomic E-state index is -0.615. The van der Waals surface area contributed by atoms with Gasteiger partial charge in [-0.25, -0.2) is 4.79 Å². The van der Waals surface area contributed by atoms with Crippen LogP contribution >= 0.6 is 0 Å². The Bertz CT molecular complexity index is 439. The van der Waals surface area contributed by atoms with Crippen LogP contribution in [0.4, 0.5) is 0 Å². The third-order valence-corrected chi connectivity index (χ3v) is 3.67. The summed E-state index contributed by atoms with van der Waals surface area (Å²) in [7, 11) is 0. The van der Waals surface area contributed by atoms with E-state index in [4.69, 9.17) is 19.9 Å². The molecular weight excluding hydrogens is 284 g/mol. The van der Waals surface area contributed by atoms with E-state index in [0.29, 0.717) is 6.61 Å². The van der Waals surface area contributed by atoms with Crippen LogP contribution in [0.25, 0.3) is 0 Å². The van der Waals surface area contributed by atoms with E-state index in [1.165, 1.54) is 19.3 Å². The molecule has 1 atom stereocenters. The number of piperidine rings is 1. The van der Waals surface area contributed by atoms with Gasteiger partial charge >= 0.3 is 5.97 Å². The standard InChI is InChI=1S/C16H26N2O4/c1-16(2)21-12-13(22-16)11-20-15(19)14(17)7-6-10-18-8-4-3-5-9-18/h6-7,10,13H,3-5,8-9,11-12,17H2,1-2H3/b10-6+,14-7-. The molecule has 2 aliphatic heterocycles. The lowest BCUT2D eigenvalue weighted by molar-refractivity contribution is -0.155. The third-order valence-electron chi connectivity index (χ3n) is 3.67. The SMILES string of the molecule is CC1(C)OCC(COC(=O)/C(N)=C/C=C/N2CCCCC2)O1. The van der Waals surface area contributed by atoms with E-state index in [1.807, 2.05) is 20.0 Å². The molecule has 6 heteroatoms. The maximum Gasteiger partial charge on any atom is 0.354 e. The normalized spacial score (nSPS) is 25.6. The molecule has 2 N–H and O–H groups in total. The lowest BCUT2D eigenvalue weighted by atomic mass is 10.1. The van der Waals surface area contributed by atoms with Gasteiger partial charge in [-0.05, 0) is 51.5 Å². The van der Waals surface area contributed by atoms with E-state index >= 15 is 0 Å². The molecule has 0 saturated carbocycles. The van der Waals surface area contributed by atoms with E-state index in [0.717, 1.165) is 13.1 Å². The van der Waals surface area contributed by atoms with Crippen LogP contribution < -0.4 is 5.73 Å². The van der Waals surface area contributed by atoms with Gasteiger partial charge in [0.05, 0.1) is 6.61 Å². The van der Waals surface area contributed by atoms with Gasteiger partial charge in [0.15, 0.2) is 5.79 Å². The predicted octanol–water partition coefficient (Wildman–Crippen LogP) is 1.52. The smallest absolute Gasteiger partial charge is 0.354 e. The minimum absolute atomic E-state index is 0.0893. The van der Waals surface area contributed by atoms with Crippen molar-refractivity contribution >= 4 is 5.97 Å². The van der Waals surface area contributed by atoms with Gasteiger partial charge in [0, 0.05) is 13.1 Å². The van der Waals surface area contributed by atoms with Crippen molar-refractivity contribution < 1.29 is 19.0 Å². The van der Waals surface area contributed by atoms with Crippen LogP contribution in [0.1, 0.15) is 33.1 Å². The third kappa shape index (κ3) is 5.35. The summed E-state index contributed by atoms with van der Waals surface area (Å²) in [5.74, 6) is -1.15. The first-order chi connectivity index (χ1) is 10.5. The Morgan fingerprint density at radius 3 is 2.73 bits per heavy atom. The summed E-state index contributed by atoms with van der Waals surface area (Å²) in [5.41, 5.74) is 5.80. The molecule has 2 fully saturated rings. The maximum atomic E-state index is 11.8.